The number of halogens is 3. The third-order valence-corrected chi connectivity index (χ3v) is 3.53. The lowest BCUT2D eigenvalue weighted by atomic mass is 10.2. The Morgan fingerprint density at radius 2 is 1.79 bits per heavy atom. The lowest BCUT2D eigenvalue weighted by molar-refractivity contribution is 0.613. The first-order chi connectivity index (χ1) is 11.6. The fraction of sp³-hybridized carbons (Fsp3) is 0.0625. The molecule has 0 saturated heterocycles. The van der Waals surface area contributed by atoms with E-state index in [1.54, 1.807) is 36.4 Å². The van der Waals surface area contributed by atoms with E-state index in [4.69, 9.17) is 23.2 Å². The summed E-state index contributed by atoms with van der Waals surface area (Å²) in [7, 11) is 0. The molecule has 0 aliphatic heterocycles. The van der Waals surface area contributed by atoms with Crippen LogP contribution in [0.25, 0.3) is 0 Å². The molecule has 0 atom stereocenters. The molecule has 0 spiro atoms. The van der Waals surface area contributed by atoms with Crippen molar-refractivity contribution in [2.24, 2.45) is 0 Å². The van der Waals surface area contributed by atoms with Gasteiger partial charge in [-0.2, -0.15) is 10.1 Å². The van der Waals surface area contributed by atoms with Crippen LogP contribution >= 0.6 is 23.2 Å². The molecule has 1 heterocycles. The molecule has 0 fully saturated rings. The van der Waals surface area contributed by atoms with Crippen molar-refractivity contribution in [3.05, 3.63) is 70.1 Å². The van der Waals surface area contributed by atoms with Gasteiger partial charge in [-0.15, -0.1) is 5.10 Å². The molecule has 0 bridgehead atoms. The van der Waals surface area contributed by atoms with Gasteiger partial charge < -0.3 is 10.6 Å². The summed E-state index contributed by atoms with van der Waals surface area (Å²) < 4.78 is 13.6. The van der Waals surface area contributed by atoms with Crippen LogP contribution in [0.15, 0.2) is 48.7 Å². The monoisotopic (exact) mass is 363 g/mol. The van der Waals surface area contributed by atoms with Crippen LogP contribution in [0, 0.1) is 5.82 Å². The van der Waals surface area contributed by atoms with Gasteiger partial charge in [-0.25, -0.2) is 4.39 Å². The van der Waals surface area contributed by atoms with Crippen LogP contribution in [-0.2, 0) is 6.54 Å². The second kappa shape index (κ2) is 7.42. The van der Waals surface area contributed by atoms with Crippen molar-refractivity contribution >= 4 is 40.7 Å². The standard InChI is InChI=1S/C16H12Cl2FN5/c17-11-5-12(18)7-13(6-11)22-16-23-15(9-21-24-16)20-8-10-3-1-2-4-14(10)19/h1-7,9H,8H2,(H2,20,22,23,24). The highest BCUT2D eigenvalue weighted by atomic mass is 35.5. The summed E-state index contributed by atoms with van der Waals surface area (Å²) in [6, 6.07) is 11.5. The fourth-order valence-corrected chi connectivity index (χ4v) is 2.55. The molecule has 8 heteroatoms. The van der Waals surface area contributed by atoms with E-state index in [2.05, 4.69) is 25.8 Å². The molecule has 2 N–H and O–H groups in total. The first kappa shape index (κ1) is 16.4. The molecule has 3 rings (SSSR count). The average molecular weight is 364 g/mol. The van der Waals surface area contributed by atoms with Crippen LogP contribution in [0.1, 0.15) is 5.56 Å². The smallest absolute Gasteiger partial charge is 0.249 e. The molecular weight excluding hydrogens is 352 g/mol. The van der Waals surface area contributed by atoms with Crippen LogP contribution < -0.4 is 10.6 Å². The van der Waals surface area contributed by atoms with E-state index >= 15 is 0 Å². The first-order valence-electron chi connectivity index (χ1n) is 7.00. The maximum atomic E-state index is 13.6. The van der Waals surface area contributed by atoms with Crippen molar-refractivity contribution in [2.45, 2.75) is 6.54 Å². The number of hydrogen-bond donors (Lipinski definition) is 2. The maximum Gasteiger partial charge on any atom is 0.249 e. The minimum Gasteiger partial charge on any atom is -0.364 e. The van der Waals surface area contributed by atoms with Crippen LogP contribution in [0.5, 0.6) is 0 Å². The number of benzene rings is 2. The highest BCUT2D eigenvalue weighted by Gasteiger charge is 2.05. The van der Waals surface area contributed by atoms with Gasteiger partial charge in [0.15, 0.2) is 5.82 Å². The molecular formula is C16H12Cl2FN5. The minimum absolute atomic E-state index is 0.270. The van der Waals surface area contributed by atoms with Crippen molar-refractivity contribution < 1.29 is 4.39 Å². The Balaban J connectivity index is 1.71. The van der Waals surface area contributed by atoms with E-state index in [1.165, 1.54) is 12.3 Å². The summed E-state index contributed by atoms with van der Waals surface area (Å²) in [5, 5.41) is 14.7. The zero-order valence-corrected chi connectivity index (χ0v) is 13.8. The molecule has 24 heavy (non-hydrogen) atoms. The quantitative estimate of drug-likeness (QED) is 0.689. The highest BCUT2D eigenvalue weighted by Crippen LogP contribution is 2.24. The Bertz CT molecular complexity index is 839. The molecule has 0 saturated carbocycles. The molecule has 0 aliphatic carbocycles. The third kappa shape index (κ3) is 4.31. The third-order valence-electron chi connectivity index (χ3n) is 3.10. The second-order valence-electron chi connectivity index (χ2n) is 4.89. The lowest BCUT2D eigenvalue weighted by Crippen LogP contribution is -2.06. The predicted molar refractivity (Wildman–Crippen MR) is 93.3 cm³/mol. The summed E-state index contributed by atoms with van der Waals surface area (Å²) in [6.45, 7) is 0.286. The average Bonchev–Trinajstić information content (AvgIpc) is 2.53. The maximum absolute atomic E-state index is 13.6. The van der Waals surface area contributed by atoms with E-state index < -0.39 is 0 Å². The summed E-state index contributed by atoms with van der Waals surface area (Å²) in [4.78, 5) is 4.27. The summed E-state index contributed by atoms with van der Waals surface area (Å²) in [5.41, 5.74) is 1.17. The summed E-state index contributed by atoms with van der Waals surface area (Å²) >= 11 is 11.9. The van der Waals surface area contributed by atoms with Crippen LogP contribution in [-0.4, -0.2) is 15.2 Å². The van der Waals surface area contributed by atoms with Gasteiger partial charge in [0.2, 0.25) is 5.95 Å². The van der Waals surface area contributed by atoms with E-state index in [1.807, 2.05) is 0 Å². The van der Waals surface area contributed by atoms with Gasteiger partial charge in [0, 0.05) is 27.8 Å². The molecule has 3 aromatic rings. The van der Waals surface area contributed by atoms with Gasteiger partial charge in [0.1, 0.15) is 5.82 Å². The SMILES string of the molecule is Fc1ccccc1CNc1cnnc(Nc2cc(Cl)cc(Cl)c2)n1. The van der Waals surface area contributed by atoms with E-state index in [9.17, 15) is 4.39 Å². The molecule has 2 aromatic carbocycles. The number of rotatable bonds is 5. The van der Waals surface area contributed by atoms with Crippen molar-refractivity contribution in [1.82, 2.24) is 15.2 Å². The fourth-order valence-electron chi connectivity index (χ4n) is 2.02. The lowest BCUT2D eigenvalue weighted by Gasteiger charge is -2.09. The number of nitrogens with zero attached hydrogens (tertiary/aromatic N) is 3. The second-order valence-corrected chi connectivity index (χ2v) is 5.77. The molecule has 5 nitrogen and oxygen atoms in total. The van der Waals surface area contributed by atoms with Gasteiger partial charge >= 0.3 is 0 Å². The van der Waals surface area contributed by atoms with E-state index in [0.29, 0.717) is 27.1 Å². The van der Waals surface area contributed by atoms with Gasteiger partial charge in [-0.1, -0.05) is 41.4 Å². The first-order valence-corrected chi connectivity index (χ1v) is 7.76. The van der Waals surface area contributed by atoms with E-state index in [0.717, 1.165) is 0 Å². The van der Waals surface area contributed by atoms with E-state index in [-0.39, 0.29) is 18.3 Å². The number of aromatic nitrogens is 3. The number of anilines is 3. The Labute approximate surface area is 147 Å². The minimum atomic E-state index is -0.279. The molecule has 1 aromatic heterocycles. The molecule has 0 amide bonds. The molecule has 0 unspecified atom stereocenters. The summed E-state index contributed by atoms with van der Waals surface area (Å²) in [6.07, 6.45) is 1.46. The van der Waals surface area contributed by atoms with Crippen molar-refractivity contribution in [3.8, 4) is 0 Å². The Hall–Kier alpha value is -2.44. The molecule has 0 radical (unpaired) electrons. The van der Waals surface area contributed by atoms with Crippen LogP contribution in [0.3, 0.4) is 0 Å². The zero-order valence-electron chi connectivity index (χ0n) is 12.3. The number of hydrogen-bond acceptors (Lipinski definition) is 5. The van der Waals surface area contributed by atoms with Gasteiger partial charge in [-0.05, 0) is 24.3 Å². The normalized spacial score (nSPS) is 10.5. The predicted octanol–water partition coefficient (Wildman–Crippen LogP) is 4.67. The van der Waals surface area contributed by atoms with Gasteiger partial charge in [0.25, 0.3) is 0 Å². The Morgan fingerprint density at radius 1 is 1.04 bits per heavy atom. The molecule has 0 aliphatic rings. The van der Waals surface area contributed by atoms with Gasteiger partial charge in [0.05, 0.1) is 6.20 Å². The number of nitrogens with one attached hydrogen (secondary N) is 2. The Kier molecular flexibility index (Phi) is 5.08. The van der Waals surface area contributed by atoms with Crippen LogP contribution in [0.4, 0.5) is 21.8 Å². The summed E-state index contributed by atoms with van der Waals surface area (Å²) in [5.74, 6) is 0.453. The zero-order chi connectivity index (χ0) is 16.9. The topological polar surface area (TPSA) is 62.7 Å². The highest BCUT2D eigenvalue weighted by molar-refractivity contribution is 6.35. The largest absolute Gasteiger partial charge is 0.364 e. The van der Waals surface area contributed by atoms with Gasteiger partial charge in [-0.3, -0.25) is 0 Å². The van der Waals surface area contributed by atoms with Crippen molar-refractivity contribution in [3.63, 3.8) is 0 Å². The van der Waals surface area contributed by atoms with Crippen LogP contribution in [0.2, 0.25) is 10.0 Å². The Morgan fingerprint density at radius 3 is 2.54 bits per heavy atom. The van der Waals surface area contributed by atoms with Crippen molar-refractivity contribution in [1.29, 1.82) is 0 Å². The molecule has 122 valence electrons. The van der Waals surface area contributed by atoms with Crippen molar-refractivity contribution in [2.75, 3.05) is 10.6 Å².